The Balaban J connectivity index is 2.87. The summed E-state index contributed by atoms with van der Waals surface area (Å²) >= 11 is 0. The third kappa shape index (κ3) is 3.00. The smallest absolute Gasteiger partial charge is 0.230 e. The predicted octanol–water partition coefficient (Wildman–Crippen LogP) is 2.81. The molecule has 5 nitrogen and oxygen atoms in total. The Morgan fingerprint density at radius 3 is 2.94 bits per heavy atom. The van der Waals surface area contributed by atoms with E-state index in [1.807, 2.05) is 32.0 Å². The lowest BCUT2D eigenvalue weighted by atomic mass is 10.1. The molecule has 0 bridgehead atoms. The Morgan fingerprint density at radius 2 is 2.31 bits per heavy atom. The molecule has 84 valence electrons. The molecule has 0 heterocycles. The normalized spacial score (nSPS) is 9.38. The minimum Gasteiger partial charge on any atom is -0.325 e. The van der Waals surface area contributed by atoms with Crippen LogP contribution in [0.2, 0.25) is 0 Å². The molecule has 1 amide bonds. The van der Waals surface area contributed by atoms with E-state index in [0.717, 1.165) is 23.2 Å². The molecule has 1 aromatic rings. The molecule has 0 aromatic heterocycles. The number of benzene rings is 1. The fraction of sp³-hybridized carbons (Fsp3) is 0.364. The van der Waals surface area contributed by atoms with Gasteiger partial charge in [0.1, 0.15) is 6.54 Å². The molecular formula is C11H14N4O. The second-order valence-electron chi connectivity index (χ2n) is 3.40. The molecule has 0 atom stereocenters. The van der Waals surface area contributed by atoms with Crippen molar-refractivity contribution in [2.24, 2.45) is 5.11 Å². The Morgan fingerprint density at radius 1 is 1.56 bits per heavy atom. The highest BCUT2D eigenvalue weighted by Crippen LogP contribution is 2.20. The van der Waals surface area contributed by atoms with Crippen LogP contribution < -0.4 is 5.32 Å². The summed E-state index contributed by atoms with van der Waals surface area (Å²) in [5.74, 6) is -0.290. The van der Waals surface area contributed by atoms with E-state index in [9.17, 15) is 4.79 Å². The van der Waals surface area contributed by atoms with Crippen molar-refractivity contribution in [2.75, 3.05) is 11.9 Å². The van der Waals surface area contributed by atoms with E-state index in [1.165, 1.54) is 0 Å². The van der Waals surface area contributed by atoms with Crippen LogP contribution >= 0.6 is 0 Å². The highest BCUT2D eigenvalue weighted by atomic mass is 16.1. The average molecular weight is 218 g/mol. The van der Waals surface area contributed by atoms with E-state index in [4.69, 9.17) is 5.53 Å². The number of hydrogen-bond acceptors (Lipinski definition) is 2. The molecule has 5 heteroatoms. The maximum Gasteiger partial charge on any atom is 0.230 e. The van der Waals surface area contributed by atoms with Gasteiger partial charge in [-0.1, -0.05) is 30.2 Å². The number of azide groups is 1. The predicted molar refractivity (Wildman–Crippen MR) is 63.2 cm³/mol. The standard InChI is InChI=1S/C11H14N4O/c1-3-9-6-4-5-8(2)11(9)14-10(16)7-13-15-12/h4-6H,3,7H2,1-2H3,(H,14,16). The molecule has 0 saturated heterocycles. The van der Waals surface area contributed by atoms with Crippen molar-refractivity contribution < 1.29 is 4.79 Å². The molecule has 0 radical (unpaired) electrons. The molecule has 0 aliphatic heterocycles. The molecule has 1 aromatic carbocycles. The molecule has 1 rings (SSSR count). The van der Waals surface area contributed by atoms with Crippen molar-refractivity contribution in [3.63, 3.8) is 0 Å². The number of para-hydroxylation sites is 1. The van der Waals surface area contributed by atoms with Crippen LogP contribution in [-0.2, 0) is 11.2 Å². The van der Waals surface area contributed by atoms with Crippen LogP contribution in [0, 0.1) is 6.92 Å². The maximum absolute atomic E-state index is 11.4. The first-order valence-corrected chi connectivity index (χ1v) is 5.08. The van der Waals surface area contributed by atoms with Crippen LogP contribution in [0.3, 0.4) is 0 Å². The number of amides is 1. The van der Waals surface area contributed by atoms with E-state index in [-0.39, 0.29) is 12.5 Å². The second kappa shape index (κ2) is 5.78. The molecule has 16 heavy (non-hydrogen) atoms. The molecular weight excluding hydrogens is 204 g/mol. The van der Waals surface area contributed by atoms with Crippen LogP contribution in [0.1, 0.15) is 18.1 Å². The fourth-order valence-electron chi connectivity index (χ4n) is 1.48. The lowest BCUT2D eigenvalue weighted by Crippen LogP contribution is -2.16. The van der Waals surface area contributed by atoms with Gasteiger partial charge in [0, 0.05) is 10.6 Å². The minimum atomic E-state index is -0.290. The van der Waals surface area contributed by atoms with Crippen LogP contribution in [0.4, 0.5) is 5.69 Å². The highest BCUT2D eigenvalue weighted by Gasteiger charge is 2.07. The van der Waals surface area contributed by atoms with Gasteiger partial charge in [-0.3, -0.25) is 4.79 Å². The van der Waals surface area contributed by atoms with E-state index >= 15 is 0 Å². The number of hydrogen-bond donors (Lipinski definition) is 1. The number of rotatable bonds is 4. The number of aryl methyl sites for hydroxylation is 2. The lowest BCUT2D eigenvalue weighted by Gasteiger charge is -2.11. The van der Waals surface area contributed by atoms with Crippen LogP contribution in [0.15, 0.2) is 23.3 Å². The zero-order valence-corrected chi connectivity index (χ0v) is 9.40. The topological polar surface area (TPSA) is 77.9 Å². The maximum atomic E-state index is 11.4. The third-order valence-electron chi connectivity index (χ3n) is 2.28. The van der Waals surface area contributed by atoms with Crippen molar-refractivity contribution in [1.29, 1.82) is 0 Å². The van der Waals surface area contributed by atoms with Crippen molar-refractivity contribution in [3.8, 4) is 0 Å². The van der Waals surface area contributed by atoms with Crippen molar-refractivity contribution in [1.82, 2.24) is 0 Å². The van der Waals surface area contributed by atoms with Gasteiger partial charge >= 0.3 is 0 Å². The van der Waals surface area contributed by atoms with E-state index < -0.39 is 0 Å². The van der Waals surface area contributed by atoms with Gasteiger partial charge in [-0.25, -0.2) is 0 Å². The summed E-state index contributed by atoms with van der Waals surface area (Å²) in [6.07, 6.45) is 0.846. The van der Waals surface area contributed by atoms with E-state index in [2.05, 4.69) is 15.3 Å². The zero-order chi connectivity index (χ0) is 12.0. The molecule has 0 aliphatic rings. The van der Waals surface area contributed by atoms with Gasteiger partial charge in [0.05, 0.1) is 0 Å². The number of carbonyl (C=O) groups is 1. The minimum absolute atomic E-state index is 0.173. The summed E-state index contributed by atoms with van der Waals surface area (Å²) in [4.78, 5) is 14.0. The summed E-state index contributed by atoms with van der Waals surface area (Å²) in [5, 5.41) is 5.98. The zero-order valence-electron chi connectivity index (χ0n) is 9.40. The molecule has 0 saturated carbocycles. The Labute approximate surface area is 94.1 Å². The van der Waals surface area contributed by atoms with Gasteiger partial charge in [-0.2, -0.15) is 0 Å². The first-order valence-electron chi connectivity index (χ1n) is 5.08. The van der Waals surface area contributed by atoms with Crippen LogP contribution in [-0.4, -0.2) is 12.5 Å². The Hall–Kier alpha value is -2.00. The third-order valence-corrected chi connectivity index (χ3v) is 2.28. The SMILES string of the molecule is CCc1cccc(C)c1NC(=O)CN=[N+]=[N-]. The molecule has 0 aliphatic carbocycles. The van der Waals surface area contributed by atoms with Crippen LogP contribution in [0.25, 0.3) is 10.4 Å². The second-order valence-corrected chi connectivity index (χ2v) is 3.40. The number of anilines is 1. The van der Waals surface area contributed by atoms with E-state index in [0.29, 0.717) is 0 Å². The average Bonchev–Trinajstić information content (AvgIpc) is 2.29. The Bertz CT molecular complexity index is 436. The first kappa shape index (κ1) is 12.1. The largest absolute Gasteiger partial charge is 0.325 e. The van der Waals surface area contributed by atoms with Crippen molar-refractivity contribution >= 4 is 11.6 Å². The monoisotopic (exact) mass is 218 g/mol. The first-order chi connectivity index (χ1) is 7.69. The quantitative estimate of drug-likeness (QED) is 0.470. The number of nitrogens with zero attached hydrogens (tertiary/aromatic N) is 3. The number of nitrogens with one attached hydrogen (secondary N) is 1. The summed E-state index contributed by atoms with van der Waals surface area (Å²) in [7, 11) is 0. The summed E-state index contributed by atoms with van der Waals surface area (Å²) < 4.78 is 0. The van der Waals surface area contributed by atoms with Gasteiger partial charge in [0.2, 0.25) is 5.91 Å². The molecule has 0 fully saturated rings. The molecule has 0 spiro atoms. The summed E-state index contributed by atoms with van der Waals surface area (Å²) in [5.41, 5.74) is 11.0. The molecule has 1 N–H and O–H groups in total. The Kier molecular flexibility index (Phi) is 4.36. The van der Waals surface area contributed by atoms with E-state index in [1.54, 1.807) is 0 Å². The van der Waals surface area contributed by atoms with Gasteiger partial charge in [0.15, 0.2) is 0 Å². The lowest BCUT2D eigenvalue weighted by molar-refractivity contribution is -0.114. The highest BCUT2D eigenvalue weighted by molar-refractivity contribution is 5.93. The van der Waals surface area contributed by atoms with Gasteiger partial charge in [-0.05, 0) is 30.0 Å². The van der Waals surface area contributed by atoms with Gasteiger partial charge < -0.3 is 5.32 Å². The summed E-state index contributed by atoms with van der Waals surface area (Å²) in [6, 6.07) is 5.86. The van der Waals surface area contributed by atoms with Crippen molar-refractivity contribution in [2.45, 2.75) is 20.3 Å². The van der Waals surface area contributed by atoms with Crippen LogP contribution in [0.5, 0.6) is 0 Å². The number of carbonyl (C=O) groups excluding carboxylic acids is 1. The fourth-order valence-corrected chi connectivity index (χ4v) is 1.48. The molecule has 0 unspecified atom stereocenters. The van der Waals surface area contributed by atoms with Gasteiger partial charge in [0.25, 0.3) is 0 Å². The summed E-state index contributed by atoms with van der Waals surface area (Å²) in [6.45, 7) is 3.79. The van der Waals surface area contributed by atoms with Crippen molar-refractivity contribution in [3.05, 3.63) is 39.8 Å². The van der Waals surface area contributed by atoms with Gasteiger partial charge in [-0.15, -0.1) is 0 Å².